The molecule has 0 amide bonds. The van der Waals surface area contributed by atoms with Crippen LogP contribution in [-0.4, -0.2) is 17.4 Å². The van der Waals surface area contributed by atoms with Gasteiger partial charge in [-0.2, -0.15) is 18.4 Å². The molecule has 0 spiro atoms. The standard InChI is InChI=1S/C11H6F3NO3/c12-11(13,14)9-2-6(4-15)1-7(5-16)8(9)3-10(17)18/h1-2,5H,3H2,(H,17,18). The zero-order chi connectivity index (χ0) is 13.9. The number of aldehydes is 1. The molecule has 0 aliphatic heterocycles. The van der Waals surface area contributed by atoms with Gasteiger partial charge in [-0.25, -0.2) is 0 Å². The number of nitriles is 1. The molecule has 0 unspecified atom stereocenters. The number of carbonyl (C=O) groups excluding carboxylic acids is 1. The molecule has 7 heteroatoms. The fourth-order valence-electron chi connectivity index (χ4n) is 1.47. The maximum Gasteiger partial charge on any atom is 0.416 e. The van der Waals surface area contributed by atoms with Gasteiger partial charge in [0.25, 0.3) is 0 Å². The molecule has 0 atom stereocenters. The normalized spacial score (nSPS) is 10.8. The van der Waals surface area contributed by atoms with Crippen LogP contribution in [0.1, 0.15) is 27.0 Å². The fraction of sp³-hybridized carbons (Fsp3) is 0.182. The Morgan fingerprint density at radius 1 is 1.44 bits per heavy atom. The van der Waals surface area contributed by atoms with Crippen LogP contribution in [0, 0.1) is 11.3 Å². The third-order valence-electron chi connectivity index (χ3n) is 2.17. The van der Waals surface area contributed by atoms with Crippen molar-refractivity contribution in [1.82, 2.24) is 0 Å². The second-order valence-electron chi connectivity index (χ2n) is 3.39. The van der Waals surface area contributed by atoms with Gasteiger partial charge in [-0.3, -0.25) is 9.59 Å². The number of carbonyl (C=O) groups is 2. The lowest BCUT2D eigenvalue weighted by Gasteiger charge is -2.13. The van der Waals surface area contributed by atoms with Crippen molar-refractivity contribution in [3.05, 3.63) is 34.4 Å². The molecule has 4 nitrogen and oxygen atoms in total. The van der Waals surface area contributed by atoms with Crippen molar-refractivity contribution in [3.63, 3.8) is 0 Å². The van der Waals surface area contributed by atoms with E-state index in [1.54, 1.807) is 0 Å². The van der Waals surface area contributed by atoms with E-state index in [1.807, 2.05) is 0 Å². The number of hydrogen-bond acceptors (Lipinski definition) is 3. The third kappa shape index (κ3) is 2.85. The van der Waals surface area contributed by atoms with Crippen molar-refractivity contribution >= 4 is 12.3 Å². The molecule has 1 rings (SSSR count). The molecule has 0 radical (unpaired) electrons. The number of halogens is 3. The number of benzene rings is 1. The van der Waals surface area contributed by atoms with E-state index in [4.69, 9.17) is 10.4 Å². The first kappa shape index (κ1) is 13.7. The van der Waals surface area contributed by atoms with E-state index < -0.39 is 35.3 Å². The third-order valence-corrected chi connectivity index (χ3v) is 2.17. The Morgan fingerprint density at radius 2 is 2.06 bits per heavy atom. The maximum atomic E-state index is 12.7. The molecule has 0 saturated carbocycles. The van der Waals surface area contributed by atoms with E-state index in [0.29, 0.717) is 6.07 Å². The number of carboxylic acid groups (broad SMARTS) is 1. The van der Waals surface area contributed by atoms with E-state index in [0.717, 1.165) is 6.07 Å². The second-order valence-corrected chi connectivity index (χ2v) is 3.39. The monoisotopic (exact) mass is 257 g/mol. The quantitative estimate of drug-likeness (QED) is 0.840. The van der Waals surface area contributed by atoms with Crippen molar-refractivity contribution < 1.29 is 27.9 Å². The number of alkyl halides is 3. The first-order valence-corrected chi connectivity index (χ1v) is 4.60. The molecule has 0 heterocycles. The van der Waals surface area contributed by atoms with Gasteiger partial charge in [0, 0.05) is 5.56 Å². The number of rotatable bonds is 3. The van der Waals surface area contributed by atoms with Gasteiger partial charge in [0.05, 0.1) is 23.6 Å². The number of carboxylic acids is 1. The summed E-state index contributed by atoms with van der Waals surface area (Å²) in [7, 11) is 0. The second kappa shape index (κ2) is 4.87. The van der Waals surface area contributed by atoms with E-state index in [1.165, 1.54) is 6.07 Å². The van der Waals surface area contributed by atoms with Gasteiger partial charge in [0.2, 0.25) is 0 Å². The summed E-state index contributed by atoms with van der Waals surface area (Å²) in [6.07, 6.45) is -5.65. The fourth-order valence-corrected chi connectivity index (χ4v) is 1.47. The maximum absolute atomic E-state index is 12.7. The molecule has 18 heavy (non-hydrogen) atoms. The molecule has 0 saturated heterocycles. The predicted octanol–water partition coefficient (Wildman–Crippen LogP) is 2.02. The van der Waals surface area contributed by atoms with Gasteiger partial charge in [-0.15, -0.1) is 0 Å². The van der Waals surface area contributed by atoms with Crippen molar-refractivity contribution in [2.75, 3.05) is 0 Å². The van der Waals surface area contributed by atoms with E-state index in [9.17, 15) is 22.8 Å². The zero-order valence-electron chi connectivity index (χ0n) is 8.78. The average Bonchev–Trinajstić information content (AvgIpc) is 2.26. The van der Waals surface area contributed by atoms with Crippen molar-refractivity contribution in [1.29, 1.82) is 5.26 Å². The molecule has 0 aliphatic carbocycles. The van der Waals surface area contributed by atoms with Crippen LogP contribution < -0.4 is 0 Å². The SMILES string of the molecule is N#Cc1cc(C=O)c(CC(=O)O)c(C(F)(F)F)c1. The lowest BCUT2D eigenvalue weighted by molar-refractivity contribution is -0.139. The van der Waals surface area contributed by atoms with Crippen LogP contribution in [-0.2, 0) is 17.4 Å². The summed E-state index contributed by atoms with van der Waals surface area (Å²) in [5.41, 5.74) is -2.70. The molecule has 0 fully saturated rings. The van der Waals surface area contributed by atoms with E-state index in [-0.39, 0.29) is 11.8 Å². The van der Waals surface area contributed by atoms with Crippen LogP contribution in [0.15, 0.2) is 12.1 Å². The Hall–Kier alpha value is -2.36. The minimum Gasteiger partial charge on any atom is -0.481 e. The summed E-state index contributed by atoms with van der Waals surface area (Å²) < 4.78 is 38.1. The van der Waals surface area contributed by atoms with Crippen LogP contribution in [0.4, 0.5) is 13.2 Å². The van der Waals surface area contributed by atoms with E-state index in [2.05, 4.69) is 0 Å². The molecular weight excluding hydrogens is 251 g/mol. The van der Waals surface area contributed by atoms with Gasteiger partial charge in [-0.1, -0.05) is 0 Å². The topological polar surface area (TPSA) is 78.2 Å². The van der Waals surface area contributed by atoms with E-state index >= 15 is 0 Å². The van der Waals surface area contributed by atoms with Gasteiger partial charge in [-0.05, 0) is 17.7 Å². The largest absolute Gasteiger partial charge is 0.481 e. The highest BCUT2D eigenvalue weighted by Gasteiger charge is 2.35. The molecule has 1 aromatic rings. The summed E-state index contributed by atoms with van der Waals surface area (Å²) in [4.78, 5) is 21.2. The Kier molecular flexibility index (Phi) is 3.71. The molecule has 0 bridgehead atoms. The van der Waals surface area contributed by atoms with Gasteiger partial charge < -0.3 is 5.11 Å². The van der Waals surface area contributed by atoms with Crippen molar-refractivity contribution in [3.8, 4) is 6.07 Å². The average molecular weight is 257 g/mol. The Morgan fingerprint density at radius 3 is 2.44 bits per heavy atom. The smallest absolute Gasteiger partial charge is 0.416 e. The first-order valence-electron chi connectivity index (χ1n) is 4.60. The van der Waals surface area contributed by atoms with Crippen LogP contribution in [0.25, 0.3) is 0 Å². The minimum absolute atomic E-state index is 0.106. The highest BCUT2D eigenvalue weighted by molar-refractivity contribution is 5.83. The predicted molar refractivity (Wildman–Crippen MR) is 52.9 cm³/mol. The lowest BCUT2D eigenvalue weighted by Crippen LogP contribution is -2.15. The summed E-state index contributed by atoms with van der Waals surface area (Å²) >= 11 is 0. The summed E-state index contributed by atoms with van der Waals surface area (Å²) in [5.74, 6) is -1.49. The molecule has 1 aromatic carbocycles. The van der Waals surface area contributed by atoms with Crippen LogP contribution in [0.3, 0.4) is 0 Å². The number of aliphatic carboxylic acids is 1. The molecule has 0 aliphatic rings. The van der Waals surface area contributed by atoms with Gasteiger partial charge >= 0.3 is 12.1 Å². The first-order chi connectivity index (χ1) is 8.29. The number of hydrogen-bond donors (Lipinski definition) is 1. The highest BCUT2D eigenvalue weighted by Crippen LogP contribution is 2.34. The highest BCUT2D eigenvalue weighted by atomic mass is 19.4. The van der Waals surface area contributed by atoms with Gasteiger partial charge in [0.15, 0.2) is 0 Å². The van der Waals surface area contributed by atoms with Crippen molar-refractivity contribution in [2.24, 2.45) is 0 Å². The Bertz CT molecular complexity index is 544. The molecule has 1 N–H and O–H groups in total. The summed E-state index contributed by atoms with van der Waals surface area (Å²) in [6.45, 7) is 0. The lowest BCUT2D eigenvalue weighted by atomic mass is 9.95. The van der Waals surface area contributed by atoms with Gasteiger partial charge in [0.1, 0.15) is 6.29 Å². The van der Waals surface area contributed by atoms with Crippen LogP contribution >= 0.6 is 0 Å². The summed E-state index contributed by atoms with van der Waals surface area (Å²) in [6, 6.07) is 2.95. The minimum atomic E-state index is -4.82. The van der Waals surface area contributed by atoms with Crippen molar-refractivity contribution in [2.45, 2.75) is 12.6 Å². The molecule has 94 valence electrons. The number of nitrogens with zero attached hydrogens (tertiary/aromatic N) is 1. The molecule has 0 aromatic heterocycles. The summed E-state index contributed by atoms with van der Waals surface area (Å²) in [5, 5.41) is 17.1. The zero-order valence-corrected chi connectivity index (χ0v) is 8.78. The Balaban J connectivity index is 3.58. The van der Waals surface area contributed by atoms with Crippen LogP contribution in [0.5, 0.6) is 0 Å². The van der Waals surface area contributed by atoms with Crippen LogP contribution in [0.2, 0.25) is 0 Å². The Labute approximate surface area is 99.3 Å². The molecular formula is C11H6F3NO3.